The van der Waals surface area contributed by atoms with E-state index in [-0.39, 0.29) is 23.4 Å². The molecule has 7 heteroatoms. The van der Waals surface area contributed by atoms with E-state index >= 15 is 0 Å². The molecular formula is C36H40N2O5. The molecule has 0 aliphatic carbocycles. The van der Waals surface area contributed by atoms with Gasteiger partial charge in [-0.1, -0.05) is 43.5 Å². The van der Waals surface area contributed by atoms with Gasteiger partial charge >= 0.3 is 5.97 Å². The summed E-state index contributed by atoms with van der Waals surface area (Å²) >= 11 is 0. The quantitative estimate of drug-likeness (QED) is 0.0683. The van der Waals surface area contributed by atoms with Crippen molar-refractivity contribution in [3.8, 4) is 0 Å². The number of rotatable bonds is 15. The zero-order valence-corrected chi connectivity index (χ0v) is 25.3. The van der Waals surface area contributed by atoms with Crippen LogP contribution in [0.25, 0.3) is 27.9 Å². The second-order valence-electron chi connectivity index (χ2n) is 10.8. The molecule has 43 heavy (non-hydrogen) atoms. The maximum atomic E-state index is 12.3. The van der Waals surface area contributed by atoms with Gasteiger partial charge in [0.2, 0.25) is 5.91 Å². The van der Waals surface area contributed by atoms with E-state index in [2.05, 4.69) is 9.88 Å². The van der Waals surface area contributed by atoms with Crippen molar-refractivity contribution >= 4 is 51.3 Å². The molecule has 0 radical (unpaired) electrons. The Balaban J connectivity index is 1.21. The molecule has 0 spiro atoms. The Bertz CT molecular complexity index is 1570. The van der Waals surface area contributed by atoms with Crippen LogP contribution in [0.5, 0.6) is 0 Å². The van der Waals surface area contributed by atoms with Crippen molar-refractivity contribution in [2.75, 3.05) is 6.61 Å². The van der Waals surface area contributed by atoms with Crippen molar-refractivity contribution in [1.29, 1.82) is 0 Å². The highest BCUT2D eigenvalue weighted by atomic mass is 16.5. The van der Waals surface area contributed by atoms with Crippen LogP contribution in [-0.2, 0) is 27.4 Å². The van der Waals surface area contributed by atoms with Crippen LogP contribution >= 0.6 is 0 Å². The van der Waals surface area contributed by atoms with Gasteiger partial charge in [0.05, 0.1) is 6.61 Å². The number of hydrogen-bond acceptors (Lipinski definition) is 5. The molecule has 0 atom stereocenters. The predicted octanol–water partition coefficient (Wildman–Crippen LogP) is 7.43. The average Bonchev–Trinajstić information content (AvgIpc) is 3.31. The van der Waals surface area contributed by atoms with Crippen molar-refractivity contribution in [2.24, 2.45) is 0 Å². The highest BCUT2D eigenvalue weighted by molar-refractivity contribution is 6.12. The summed E-state index contributed by atoms with van der Waals surface area (Å²) in [7, 11) is 0. The van der Waals surface area contributed by atoms with Crippen molar-refractivity contribution in [3.05, 3.63) is 89.0 Å². The minimum Gasteiger partial charge on any atom is -0.463 e. The van der Waals surface area contributed by atoms with Crippen LogP contribution in [0, 0.1) is 0 Å². The van der Waals surface area contributed by atoms with E-state index in [0.29, 0.717) is 30.7 Å². The van der Waals surface area contributed by atoms with Gasteiger partial charge in [-0.2, -0.15) is 0 Å². The molecular weight excluding hydrogens is 540 g/mol. The lowest BCUT2D eigenvalue weighted by Crippen LogP contribution is -2.22. The summed E-state index contributed by atoms with van der Waals surface area (Å²) in [5, 5.41) is 4.98. The minimum absolute atomic E-state index is 0.0231. The largest absolute Gasteiger partial charge is 0.463 e. The van der Waals surface area contributed by atoms with E-state index < -0.39 is 0 Å². The van der Waals surface area contributed by atoms with Crippen LogP contribution in [0.3, 0.4) is 0 Å². The third kappa shape index (κ3) is 8.51. The van der Waals surface area contributed by atoms with Gasteiger partial charge in [-0.3, -0.25) is 14.4 Å². The number of carbonyl (C=O) groups is 4. The van der Waals surface area contributed by atoms with E-state index in [1.807, 2.05) is 60.7 Å². The van der Waals surface area contributed by atoms with Gasteiger partial charge in [0.15, 0.2) is 11.6 Å². The van der Waals surface area contributed by atoms with Gasteiger partial charge in [0.1, 0.15) is 0 Å². The van der Waals surface area contributed by atoms with E-state index in [1.54, 1.807) is 26.8 Å². The van der Waals surface area contributed by atoms with Gasteiger partial charge in [-0.05, 0) is 87.2 Å². The Labute approximate surface area is 252 Å². The summed E-state index contributed by atoms with van der Waals surface area (Å²) in [6.45, 7) is 6.58. The van der Waals surface area contributed by atoms with Gasteiger partial charge in [-0.25, -0.2) is 4.79 Å². The Morgan fingerprint density at radius 1 is 0.767 bits per heavy atom. The maximum absolute atomic E-state index is 12.3. The molecule has 1 aromatic heterocycles. The molecule has 7 nitrogen and oxygen atoms in total. The van der Waals surface area contributed by atoms with Crippen LogP contribution in [-0.4, -0.2) is 34.6 Å². The Morgan fingerprint density at radius 3 is 1.93 bits per heavy atom. The predicted molar refractivity (Wildman–Crippen MR) is 171 cm³/mol. The first-order valence-electron chi connectivity index (χ1n) is 15.0. The third-order valence-electron chi connectivity index (χ3n) is 7.63. The number of esters is 1. The first-order chi connectivity index (χ1) is 20.8. The molecule has 1 N–H and O–H groups in total. The van der Waals surface area contributed by atoms with Crippen LogP contribution in [0.4, 0.5) is 0 Å². The van der Waals surface area contributed by atoms with E-state index in [1.165, 1.54) is 6.08 Å². The number of nitrogens with zero attached hydrogens (tertiary/aromatic N) is 1. The van der Waals surface area contributed by atoms with Crippen LogP contribution < -0.4 is 5.32 Å². The summed E-state index contributed by atoms with van der Waals surface area (Å²) in [5.74, 6) is -0.270. The summed E-state index contributed by atoms with van der Waals surface area (Å²) in [6, 6.07) is 19.3. The smallest absolute Gasteiger partial charge is 0.330 e. The molecule has 0 bridgehead atoms. The molecule has 0 aliphatic heterocycles. The van der Waals surface area contributed by atoms with Gasteiger partial charge in [0, 0.05) is 58.5 Å². The number of carbonyl (C=O) groups excluding carboxylic acids is 4. The van der Waals surface area contributed by atoms with E-state index in [4.69, 9.17) is 4.74 Å². The summed E-state index contributed by atoms with van der Waals surface area (Å²) < 4.78 is 7.17. The standard InChI is InChI=1S/C36H40N2O5/c1-4-43-36(42)20-15-27-11-13-28(14-12-27)24-37-35(41)10-8-6-5-7-9-21-38-33-18-16-29(25(2)39)22-31(33)32-23-30(26(3)40)17-19-34(32)38/h11-20,22-23H,4-10,21,24H2,1-3H3,(H,37,41)/b20-15+. The molecule has 0 fully saturated rings. The molecule has 4 rings (SSSR count). The number of aromatic nitrogens is 1. The molecule has 0 unspecified atom stereocenters. The number of ketones is 2. The topological polar surface area (TPSA) is 94.5 Å². The number of fused-ring (bicyclic) bond motifs is 3. The van der Waals surface area contributed by atoms with Crippen molar-refractivity contribution < 1.29 is 23.9 Å². The van der Waals surface area contributed by atoms with Crippen molar-refractivity contribution in [2.45, 2.75) is 72.4 Å². The minimum atomic E-state index is -0.364. The average molecular weight is 581 g/mol. The molecule has 0 saturated heterocycles. The lowest BCUT2D eigenvalue weighted by Gasteiger charge is -2.09. The zero-order chi connectivity index (χ0) is 30.8. The summed E-state index contributed by atoms with van der Waals surface area (Å²) in [5.41, 5.74) is 5.37. The van der Waals surface area contributed by atoms with E-state index in [9.17, 15) is 19.2 Å². The van der Waals surface area contributed by atoms with Crippen LogP contribution in [0.15, 0.2) is 66.7 Å². The first kappa shape index (κ1) is 31.4. The number of hydrogen-bond donors (Lipinski definition) is 1. The molecule has 3 aromatic carbocycles. The fourth-order valence-electron chi connectivity index (χ4n) is 5.26. The normalized spacial score (nSPS) is 11.3. The molecule has 1 amide bonds. The summed E-state index contributed by atoms with van der Waals surface area (Å²) in [4.78, 5) is 47.8. The van der Waals surface area contributed by atoms with Crippen molar-refractivity contribution in [1.82, 2.24) is 9.88 Å². The number of Topliss-reactive ketones (excluding diaryl/α,β-unsaturated/α-hetero) is 2. The second kappa shape index (κ2) is 15.1. The maximum Gasteiger partial charge on any atom is 0.330 e. The van der Waals surface area contributed by atoms with Crippen molar-refractivity contribution in [3.63, 3.8) is 0 Å². The summed E-state index contributed by atoms with van der Waals surface area (Å²) in [6.07, 6.45) is 8.56. The molecule has 1 heterocycles. The molecule has 4 aromatic rings. The number of ether oxygens (including phenoxy) is 1. The molecule has 0 saturated carbocycles. The Morgan fingerprint density at radius 2 is 1.35 bits per heavy atom. The van der Waals surface area contributed by atoms with Crippen LogP contribution in [0.2, 0.25) is 0 Å². The lowest BCUT2D eigenvalue weighted by atomic mass is 10.0. The number of aryl methyl sites for hydroxylation is 1. The van der Waals surface area contributed by atoms with E-state index in [0.717, 1.165) is 71.6 Å². The fourth-order valence-corrected chi connectivity index (χ4v) is 5.26. The number of amides is 1. The fraction of sp³-hybridized carbons (Fsp3) is 0.333. The monoisotopic (exact) mass is 580 g/mol. The lowest BCUT2D eigenvalue weighted by molar-refractivity contribution is -0.137. The molecule has 224 valence electrons. The van der Waals surface area contributed by atoms with Gasteiger partial charge in [0.25, 0.3) is 0 Å². The highest BCUT2D eigenvalue weighted by Crippen LogP contribution is 2.31. The molecule has 0 aliphatic rings. The SMILES string of the molecule is CCOC(=O)/C=C/c1ccc(CNC(=O)CCCCCCCn2c3ccc(C(C)=O)cc3c3cc(C(C)=O)ccc32)cc1. The Hall–Kier alpha value is -4.52. The number of nitrogens with one attached hydrogen (secondary N) is 1. The Kier molecular flexibility index (Phi) is 11.0. The second-order valence-corrected chi connectivity index (χ2v) is 10.8. The van der Waals surface area contributed by atoms with Crippen LogP contribution in [0.1, 0.15) is 91.1 Å². The van der Waals surface area contributed by atoms with Gasteiger partial charge in [-0.15, -0.1) is 0 Å². The first-order valence-corrected chi connectivity index (χ1v) is 15.0. The van der Waals surface area contributed by atoms with Gasteiger partial charge < -0.3 is 14.6 Å². The number of unbranched alkanes of at least 4 members (excludes halogenated alkanes) is 4. The highest BCUT2D eigenvalue weighted by Gasteiger charge is 2.14. The zero-order valence-electron chi connectivity index (χ0n) is 25.3. The number of benzene rings is 3. The third-order valence-corrected chi connectivity index (χ3v) is 7.63.